The summed E-state index contributed by atoms with van der Waals surface area (Å²) in [6.45, 7) is 2.80. The highest BCUT2D eigenvalue weighted by Crippen LogP contribution is 2.09. The summed E-state index contributed by atoms with van der Waals surface area (Å²) in [6, 6.07) is 3.65. The summed E-state index contributed by atoms with van der Waals surface area (Å²) in [4.78, 5) is 4.31. The highest BCUT2D eigenvalue weighted by atomic mass is 16.5. The third-order valence-corrected chi connectivity index (χ3v) is 2.05. The summed E-state index contributed by atoms with van der Waals surface area (Å²) in [5.74, 6) is 0.630. The first-order chi connectivity index (χ1) is 7.29. The van der Waals surface area contributed by atoms with Crippen LogP contribution in [0.5, 0.6) is 5.88 Å². The van der Waals surface area contributed by atoms with Gasteiger partial charge in [0.1, 0.15) is 6.10 Å². The number of nitrogens with one attached hydrogen (secondary N) is 1. The van der Waals surface area contributed by atoms with Crippen LogP contribution in [0.25, 0.3) is 5.65 Å². The van der Waals surface area contributed by atoms with Gasteiger partial charge in [0.05, 0.1) is 6.20 Å². The number of hydrogen-bond donors (Lipinski definition) is 1. The van der Waals surface area contributed by atoms with Crippen LogP contribution in [0.3, 0.4) is 0 Å². The fourth-order valence-electron chi connectivity index (χ4n) is 1.40. The SMILES string of the molecule is CNCC(C)Oc1ccn2nccc2n1. The molecule has 80 valence electrons. The predicted molar refractivity (Wildman–Crippen MR) is 57.0 cm³/mol. The summed E-state index contributed by atoms with van der Waals surface area (Å²) >= 11 is 0. The predicted octanol–water partition coefficient (Wildman–Crippen LogP) is 0.716. The lowest BCUT2D eigenvalue weighted by Crippen LogP contribution is -2.26. The zero-order chi connectivity index (χ0) is 10.7. The second-order valence-corrected chi connectivity index (χ2v) is 3.39. The number of fused-ring (bicyclic) bond motifs is 1. The number of likely N-dealkylation sites (N-methyl/N-ethyl adjacent to an activating group) is 1. The molecule has 1 unspecified atom stereocenters. The summed E-state index contributed by atoms with van der Waals surface area (Å²) in [6.07, 6.45) is 3.65. The standard InChI is InChI=1S/C10H14N4O/c1-8(7-11-2)15-10-4-6-14-9(13-10)3-5-12-14/h3-6,8,11H,7H2,1-2H3. The zero-order valence-corrected chi connectivity index (χ0v) is 8.84. The van der Waals surface area contributed by atoms with Gasteiger partial charge in [-0.05, 0) is 14.0 Å². The molecule has 2 rings (SSSR count). The monoisotopic (exact) mass is 206 g/mol. The molecule has 0 saturated carbocycles. The van der Waals surface area contributed by atoms with Crippen molar-refractivity contribution in [1.82, 2.24) is 19.9 Å². The quantitative estimate of drug-likeness (QED) is 0.800. The van der Waals surface area contributed by atoms with Crippen molar-refractivity contribution in [1.29, 1.82) is 0 Å². The molecular weight excluding hydrogens is 192 g/mol. The molecule has 15 heavy (non-hydrogen) atoms. The number of aromatic nitrogens is 3. The van der Waals surface area contributed by atoms with E-state index in [1.54, 1.807) is 10.7 Å². The van der Waals surface area contributed by atoms with Crippen LogP contribution in [0.4, 0.5) is 0 Å². The number of ether oxygens (including phenoxy) is 1. The summed E-state index contributed by atoms with van der Waals surface area (Å²) in [5, 5.41) is 7.11. The van der Waals surface area contributed by atoms with E-state index in [4.69, 9.17) is 4.74 Å². The molecule has 0 saturated heterocycles. The van der Waals surface area contributed by atoms with Crippen LogP contribution in [0, 0.1) is 0 Å². The molecule has 2 aromatic rings. The maximum atomic E-state index is 5.62. The van der Waals surface area contributed by atoms with E-state index in [9.17, 15) is 0 Å². The van der Waals surface area contributed by atoms with Gasteiger partial charge in [0.25, 0.3) is 0 Å². The van der Waals surface area contributed by atoms with Crippen LogP contribution in [0.15, 0.2) is 24.5 Å². The lowest BCUT2D eigenvalue weighted by atomic mass is 10.4. The van der Waals surface area contributed by atoms with Crippen molar-refractivity contribution in [2.45, 2.75) is 13.0 Å². The minimum atomic E-state index is 0.105. The average Bonchev–Trinajstić information content (AvgIpc) is 2.65. The molecule has 0 spiro atoms. The second kappa shape index (κ2) is 4.27. The summed E-state index contributed by atoms with van der Waals surface area (Å²) in [7, 11) is 1.90. The third-order valence-electron chi connectivity index (χ3n) is 2.05. The molecule has 1 N–H and O–H groups in total. The van der Waals surface area contributed by atoms with E-state index >= 15 is 0 Å². The molecule has 0 aliphatic carbocycles. The van der Waals surface area contributed by atoms with Crippen LogP contribution >= 0.6 is 0 Å². The van der Waals surface area contributed by atoms with E-state index in [0.29, 0.717) is 5.88 Å². The smallest absolute Gasteiger partial charge is 0.217 e. The Kier molecular flexibility index (Phi) is 2.82. The molecule has 1 atom stereocenters. The van der Waals surface area contributed by atoms with Crippen LogP contribution in [-0.4, -0.2) is 34.3 Å². The Balaban J connectivity index is 2.14. The highest BCUT2D eigenvalue weighted by Gasteiger charge is 2.04. The maximum absolute atomic E-state index is 5.62. The third kappa shape index (κ3) is 2.24. The normalized spacial score (nSPS) is 12.9. The minimum Gasteiger partial charge on any atom is -0.473 e. The first-order valence-corrected chi connectivity index (χ1v) is 4.91. The van der Waals surface area contributed by atoms with Crippen LogP contribution in [0.1, 0.15) is 6.92 Å². The molecule has 0 bridgehead atoms. The largest absolute Gasteiger partial charge is 0.473 e. The van der Waals surface area contributed by atoms with Crippen molar-refractivity contribution in [3.63, 3.8) is 0 Å². The van der Waals surface area contributed by atoms with Gasteiger partial charge in [-0.2, -0.15) is 10.1 Å². The Morgan fingerprint density at radius 2 is 2.40 bits per heavy atom. The molecule has 0 aliphatic heterocycles. The number of hydrogen-bond acceptors (Lipinski definition) is 4. The maximum Gasteiger partial charge on any atom is 0.217 e. The van der Waals surface area contributed by atoms with E-state index in [-0.39, 0.29) is 6.10 Å². The average molecular weight is 206 g/mol. The first-order valence-electron chi connectivity index (χ1n) is 4.91. The van der Waals surface area contributed by atoms with Gasteiger partial charge in [0.2, 0.25) is 5.88 Å². The zero-order valence-electron chi connectivity index (χ0n) is 8.84. The van der Waals surface area contributed by atoms with E-state index in [1.165, 1.54) is 0 Å². The van der Waals surface area contributed by atoms with Crippen molar-refractivity contribution in [2.24, 2.45) is 0 Å². The minimum absolute atomic E-state index is 0.105. The van der Waals surface area contributed by atoms with Gasteiger partial charge in [-0.25, -0.2) is 4.52 Å². The van der Waals surface area contributed by atoms with Gasteiger partial charge in [-0.3, -0.25) is 0 Å². The van der Waals surface area contributed by atoms with Crippen LogP contribution in [0.2, 0.25) is 0 Å². The van der Waals surface area contributed by atoms with E-state index in [0.717, 1.165) is 12.2 Å². The Morgan fingerprint density at radius 1 is 1.53 bits per heavy atom. The Bertz CT molecular complexity index is 440. The highest BCUT2D eigenvalue weighted by molar-refractivity contribution is 5.37. The number of nitrogens with zero attached hydrogens (tertiary/aromatic N) is 3. The molecular formula is C10H14N4O. The Hall–Kier alpha value is -1.62. The van der Waals surface area contributed by atoms with Gasteiger partial charge in [0.15, 0.2) is 5.65 Å². The second-order valence-electron chi connectivity index (χ2n) is 3.39. The van der Waals surface area contributed by atoms with Crippen LogP contribution in [-0.2, 0) is 0 Å². The fraction of sp³-hybridized carbons (Fsp3) is 0.400. The molecule has 2 aromatic heterocycles. The molecule has 2 heterocycles. The Labute approximate surface area is 88.1 Å². The Morgan fingerprint density at radius 3 is 3.20 bits per heavy atom. The lowest BCUT2D eigenvalue weighted by Gasteiger charge is -2.12. The lowest BCUT2D eigenvalue weighted by molar-refractivity contribution is 0.212. The van der Waals surface area contributed by atoms with Crippen molar-refractivity contribution in [3.05, 3.63) is 24.5 Å². The van der Waals surface area contributed by atoms with Gasteiger partial charge in [-0.15, -0.1) is 0 Å². The number of rotatable bonds is 4. The topological polar surface area (TPSA) is 51.5 Å². The molecule has 0 aromatic carbocycles. The van der Waals surface area contributed by atoms with E-state index in [1.807, 2.05) is 32.3 Å². The van der Waals surface area contributed by atoms with Crippen molar-refractivity contribution in [2.75, 3.05) is 13.6 Å². The van der Waals surface area contributed by atoms with Crippen molar-refractivity contribution in [3.8, 4) is 5.88 Å². The summed E-state index contributed by atoms with van der Waals surface area (Å²) < 4.78 is 7.32. The van der Waals surface area contributed by atoms with Gasteiger partial charge >= 0.3 is 0 Å². The van der Waals surface area contributed by atoms with E-state index < -0.39 is 0 Å². The summed E-state index contributed by atoms with van der Waals surface area (Å²) in [5.41, 5.74) is 0.796. The van der Waals surface area contributed by atoms with E-state index in [2.05, 4.69) is 15.4 Å². The molecule has 0 fully saturated rings. The van der Waals surface area contributed by atoms with Crippen molar-refractivity contribution < 1.29 is 4.74 Å². The van der Waals surface area contributed by atoms with Crippen molar-refractivity contribution >= 4 is 5.65 Å². The fourth-order valence-corrected chi connectivity index (χ4v) is 1.40. The first kappa shape index (κ1) is 9.92. The molecule has 0 radical (unpaired) electrons. The molecule has 5 heteroatoms. The van der Waals surface area contributed by atoms with Gasteiger partial charge in [0, 0.05) is 24.9 Å². The molecule has 5 nitrogen and oxygen atoms in total. The van der Waals surface area contributed by atoms with Gasteiger partial charge in [-0.1, -0.05) is 0 Å². The van der Waals surface area contributed by atoms with Gasteiger partial charge < -0.3 is 10.1 Å². The molecule has 0 aliphatic rings. The van der Waals surface area contributed by atoms with Crippen LogP contribution < -0.4 is 10.1 Å². The molecule has 0 amide bonds.